The number of aryl methyl sites for hydroxylation is 1. The van der Waals surface area contributed by atoms with Crippen LogP contribution in [0, 0.1) is 11.8 Å². The van der Waals surface area contributed by atoms with Gasteiger partial charge in [0.2, 0.25) is 5.91 Å². The zero-order chi connectivity index (χ0) is 13.0. The molecule has 18 heavy (non-hydrogen) atoms. The summed E-state index contributed by atoms with van der Waals surface area (Å²) in [5.41, 5.74) is 1.25. The van der Waals surface area contributed by atoms with Gasteiger partial charge in [0.05, 0.1) is 0 Å². The van der Waals surface area contributed by atoms with Gasteiger partial charge in [-0.3, -0.25) is 4.79 Å². The summed E-state index contributed by atoms with van der Waals surface area (Å²) in [6, 6.07) is 10.3. The van der Waals surface area contributed by atoms with Crippen LogP contribution in [0.5, 0.6) is 0 Å². The van der Waals surface area contributed by atoms with Crippen LogP contribution in [0.2, 0.25) is 0 Å². The molecule has 1 saturated heterocycles. The molecule has 0 radical (unpaired) electrons. The summed E-state index contributed by atoms with van der Waals surface area (Å²) in [7, 11) is 0. The standard InChI is InChI=1S/C16H23NO/c1-13-10-14(2)12-17(11-13)16(18)9-8-15-6-4-3-5-7-15/h3-7,13-14H,8-12H2,1-2H3/t13-,14-/m1/s1. The fourth-order valence-corrected chi connectivity index (χ4v) is 2.92. The lowest BCUT2D eigenvalue weighted by atomic mass is 9.91. The van der Waals surface area contributed by atoms with Gasteiger partial charge in [-0.15, -0.1) is 0 Å². The molecule has 2 atom stereocenters. The van der Waals surface area contributed by atoms with Gasteiger partial charge in [-0.1, -0.05) is 44.2 Å². The van der Waals surface area contributed by atoms with Crippen molar-refractivity contribution in [3.8, 4) is 0 Å². The second-order valence-electron chi connectivity index (χ2n) is 5.73. The van der Waals surface area contributed by atoms with E-state index in [1.807, 2.05) is 18.2 Å². The number of hydrogen-bond acceptors (Lipinski definition) is 1. The van der Waals surface area contributed by atoms with Crippen LogP contribution in [0.3, 0.4) is 0 Å². The summed E-state index contributed by atoms with van der Waals surface area (Å²) in [6.45, 7) is 6.37. The maximum atomic E-state index is 12.2. The van der Waals surface area contributed by atoms with Gasteiger partial charge in [-0.2, -0.15) is 0 Å². The second-order valence-corrected chi connectivity index (χ2v) is 5.73. The fourth-order valence-electron chi connectivity index (χ4n) is 2.92. The number of rotatable bonds is 3. The van der Waals surface area contributed by atoms with Gasteiger partial charge >= 0.3 is 0 Å². The minimum Gasteiger partial charge on any atom is -0.342 e. The van der Waals surface area contributed by atoms with E-state index in [1.165, 1.54) is 12.0 Å². The number of benzene rings is 1. The Kier molecular flexibility index (Phi) is 4.40. The molecule has 1 fully saturated rings. The zero-order valence-electron chi connectivity index (χ0n) is 11.4. The molecule has 2 heteroatoms. The molecule has 1 aliphatic heterocycles. The largest absolute Gasteiger partial charge is 0.342 e. The van der Waals surface area contributed by atoms with Crippen molar-refractivity contribution in [1.29, 1.82) is 0 Å². The first-order valence-electron chi connectivity index (χ1n) is 6.97. The quantitative estimate of drug-likeness (QED) is 0.801. The molecule has 0 N–H and O–H groups in total. The van der Waals surface area contributed by atoms with Gasteiger partial charge in [0, 0.05) is 19.5 Å². The molecule has 0 aliphatic carbocycles. The Morgan fingerprint density at radius 1 is 1.17 bits per heavy atom. The Hall–Kier alpha value is -1.31. The fraction of sp³-hybridized carbons (Fsp3) is 0.562. The predicted molar refractivity (Wildman–Crippen MR) is 74.3 cm³/mol. The van der Waals surface area contributed by atoms with E-state index in [0.717, 1.165) is 19.5 Å². The monoisotopic (exact) mass is 245 g/mol. The third-order valence-electron chi connectivity index (χ3n) is 3.69. The highest BCUT2D eigenvalue weighted by Gasteiger charge is 2.24. The number of piperidine rings is 1. The molecule has 0 spiro atoms. The van der Waals surface area contributed by atoms with Crippen LogP contribution >= 0.6 is 0 Å². The normalized spacial score (nSPS) is 24.0. The summed E-state index contributed by atoms with van der Waals surface area (Å²) in [4.78, 5) is 14.2. The van der Waals surface area contributed by atoms with Crippen molar-refractivity contribution in [3.05, 3.63) is 35.9 Å². The lowest BCUT2D eigenvalue weighted by Gasteiger charge is -2.35. The summed E-state index contributed by atoms with van der Waals surface area (Å²) >= 11 is 0. The molecular weight excluding hydrogens is 222 g/mol. The Labute approximate surface area is 110 Å². The molecular formula is C16H23NO. The van der Waals surface area contributed by atoms with Crippen molar-refractivity contribution >= 4 is 5.91 Å². The average Bonchev–Trinajstić information content (AvgIpc) is 2.36. The number of amides is 1. The van der Waals surface area contributed by atoms with E-state index in [4.69, 9.17) is 0 Å². The van der Waals surface area contributed by atoms with Crippen LogP contribution in [0.15, 0.2) is 30.3 Å². The predicted octanol–water partition coefficient (Wildman–Crippen LogP) is 3.12. The highest BCUT2D eigenvalue weighted by molar-refractivity contribution is 5.76. The summed E-state index contributed by atoms with van der Waals surface area (Å²) < 4.78 is 0. The number of nitrogens with zero attached hydrogens (tertiary/aromatic N) is 1. The molecule has 2 rings (SSSR count). The highest BCUT2D eigenvalue weighted by Crippen LogP contribution is 2.21. The van der Waals surface area contributed by atoms with Crippen LogP contribution in [0.4, 0.5) is 0 Å². The van der Waals surface area contributed by atoms with Crippen LogP contribution in [-0.4, -0.2) is 23.9 Å². The van der Waals surface area contributed by atoms with Crippen LogP contribution < -0.4 is 0 Å². The number of likely N-dealkylation sites (tertiary alicyclic amines) is 1. The molecule has 1 aromatic carbocycles. The number of carbonyl (C=O) groups excluding carboxylic acids is 1. The molecule has 1 aromatic rings. The van der Waals surface area contributed by atoms with Crippen molar-refractivity contribution in [1.82, 2.24) is 4.90 Å². The first-order valence-corrected chi connectivity index (χ1v) is 6.97. The maximum Gasteiger partial charge on any atom is 0.222 e. The van der Waals surface area contributed by atoms with E-state index < -0.39 is 0 Å². The molecule has 1 heterocycles. The van der Waals surface area contributed by atoms with E-state index in [-0.39, 0.29) is 0 Å². The van der Waals surface area contributed by atoms with Gasteiger partial charge in [0.15, 0.2) is 0 Å². The Balaban J connectivity index is 1.84. The topological polar surface area (TPSA) is 20.3 Å². The average molecular weight is 245 g/mol. The summed E-state index contributed by atoms with van der Waals surface area (Å²) in [5.74, 6) is 1.61. The first-order chi connectivity index (χ1) is 8.65. The Bertz CT molecular complexity index is 377. The van der Waals surface area contributed by atoms with E-state index in [2.05, 4.69) is 30.9 Å². The third-order valence-corrected chi connectivity index (χ3v) is 3.69. The van der Waals surface area contributed by atoms with Gasteiger partial charge in [0.1, 0.15) is 0 Å². The number of carbonyl (C=O) groups is 1. The van der Waals surface area contributed by atoms with Crippen molar-refractivity contribution in [2.75, 3.05) is 13.1 Å². The SMILES string of the molecule is C[C@@H]1C[C@@H](C)CN(C(=O)CCc2ccccc2)C1. The molecule has 0 aromatic heterocycles. The lowest BCUT2D eigenvalue weighted by Crippen LogP contribution is -2.42. The van der Waals surface area contributed by atoms with Gasteiger partial charge in [0.25, 0.3) is 0 Å². The molecule has 0 saturated carbocycles. The number of hydrogen-bond donors (Lipinski definition) is 0. The first kappa shape index (κ1) is 13.1. The van der Waals surface area contributed by atoms with Crippen LogP contribution in [-0.2, 0) is 11.2 Å². The van der Waals surface area contributed by atoms with Gasteiger partial charge < -0.3 is 4.90 Å². The van der Waals surface area contributed by atoms with Crippen LogP contribution in [0.25, 0.3) is 0 Å². The van der Waals surface area contributed by atoms with E-state index in [1.54, 1.807) is 0 Å². The van der Waals surface area contributed by atoms with E-state index >= 15 is 0 Å². The lowest BCUT2D eigenvalue weighted by molar-refractivity contribution is -0.133. The van der Waals surface area contributed by atoms with E-state index in [0.29, 0.717) is 24.2 Å². The maximum absolute atomic E-state index is 12.2. The van der Waals surface area contributed by atoms with Crippen molar-refractivity contribution in [2.24, 2.45) is 11.8 Å². The Morgan fingerprint density at radius 2 is 1.78 bits per heavy atom. The van der Waals surface area contributed by atoms with Crippen molar-refractivity contribution in [3.63, 3.8) is 0 Å². The van der Waals surface area contributed by atoms with Gasteiger partial charge in [-0.25, -0.2) is 0 Å². The van der Waals surface area contributed by atoms with Crippen molar-refractivity contribution in [2.45, 2.75) is 33.1 Å². The Morgan fingerprint density at radius 3 is 2.39 bits per heavy atom. The van der Waals surface area contributed by atoms with Crippen molar-refractivity contribution < 1.29 is 4.79 Å². The third kappa shape index (κ3) is 3.59. The molecule has 0 bridgehead atoms. The molecule has 2 nitrogen and oxygen atoms in total. The second kappa shape index (κ2) is 6.03. The summed E-state index contributed by atoms with van der Waals surface area (Å²) in [6.07, 6.45) is 2.75. The smallest absolute Gasteiger partial charge is 0.222 e. The summed E-state index contributed by atoms with van der Waals surface area (Å²) in [5, 5.41) is 0. The minimum absolute atomic E-state index is 0.317. The zero-order valence-corrected chi connectivity index (χ0v) is 11.4. The van der Waals surface area contributed by atoms with Gasteiger partial charge in [-0.05, 0) is 30.2 Å². The highest BCUT2D eigenvalue weighted by atomic mass is 16.2. The molecule has 1 amide bonds. The minimum atomic E-state index is 0.317. The molecule has 1 aliphatic rings. The molecule has 0 unspecified atom stereocenters. The molecule has 98 valence electrons. The van der Waals surface area contributed by atoms with Crippen LogP contribution in [0.1, 0.15) is 32.3 Å². The van der Waals surface area contributed by atoms with E-state index in [9.17, 15) is 4.79 Å².